The van der Waals surface area contributed by atoms with Crippen molar-refractivity contribution < 1.29 is 22.8 Å². The number of aryl methyl sites for hydroxylation is 1. The van der Waals surface area contributed by atoms with E-state index >= 15 is 0 Å². The zero-order chi connectivity index (χ0) is 26.7. The van der Waals surface area contributed by atoms with Crippen LogP contribution >= 0.6 is 0 Å². The molecule has 5 nitrogen and oxygen atoms in total. The van der Waals surface area contributed by atoms with Gasteiger partial charge in [0.25, 0.3) is 5.89 Å². The number of aromatic nitrogens is 2. The molecule has 0 spiro atoms. The number of hydrogen-bond acceptors (Lipinski definition) is 4. The summed E-state index contributed by atoms with van der Waals surface area (Å²) in [6.45, 7) is 4.14. The molecule has 1 unspecified atom stereocenters. The molecule has 3 aromatic rings. The molecule has 0 aliphatic rings. The molecule has 1 aromatic heterocycles. The predicted octanol–water partition coefficient (Wildman–Crippen LogP) is 7.47. The van der Waals surface area contributed by atoms with E-state index in [0.717, 1.165) is 36.1 Å². The first kappa shape index (κ1) is 28.9. The van der Waals surface area contributed by atoms with E-state index in [-0.39, 0.29) is 11.6 Å². The molecular weight excluding hydrogens is 479 g/mol. The minimum absolute atomic E-state index is 0.0615. The van der Waals surface area contributed by atoms with Gasteiger partial charge >= 0.3 is 6.18 Å². The van der Waals surface area contributed by atoms with Crippen LogP contribution in [0.4, 0.5) is 13.2 Å². The van der Waals surface area contributed by atoms with Crippen LogP contribution in [0.25, 0.3) is 11.5 Å². The number of nitrogens with one attached hydrogen (secondary N) is 1. The number of benzene rings is 2. The highest BCUT2D eigenvalue weighted by atomic mass is 19.4. The number of quaternary nitrogens is 1. The van der Waals surface area contributed by atoms with Gasteiger partial charge < -0.3 is 14.8 Å². The molecule has 0 amide bonds. The van der Waals surface area contributed by atoms with Gasteiger partial charge in [-0.05, 0) is 37.6 Å². The largest absolute Gasteiger partial charge is 0.634 e. The van der Waals surface area contributed by atoms with Crippen molar-refractivity contribution in [3.8, 4) is 11.5 Å². The lowest BCUT2D eigenvalue weighted by Gasteiger charge is -2.29. The van der Waals surface area contributed by atoms with E-state index in [1.54, 1.807) is 6.92 Å². The molecule has 202 valence electrons. The zero-order valence-corrected chi connectivity index (χ0v) is 21.8. The molecule has 8 heteroatoms. The predicted molar refractivity (Wildman–Crippen MR) is 139 cm³/mol. The van der Waals surface area contributed by atoms with E-state index in [1.807, 2.05) is 24.3 Å². The first-order valence-electron chi connectivity index (χ1n) is 13.4. The molecule has 3 rings (SSSR count). The van der Waals surface area contributed by atoms with Crippen molar-refractivity contribution in [3.63, 3.8) is 0 Å². The van der Waals surface area contributed by atoms with Crippen molar-refractivity contribution >= 4 is 0 Å². The number of hydroxylamine groups is 2. The summed E-state index contributed by atoms with van der Waals surface area (Å²) in [4.78, 5) is 4.51. The lowest BCUT2D eigenvalue weighted by molar-refractivity contribution is -0.893. The third-order valence-corrected chi connectivity index (χ3v) is 6.77. The first-order chi connectivity index (χ1) is 17.8. The second-order valence-electron chi connectivity index (χ2n) is 9.78. The van der Waals surface area contributed by atoms with Gasteiger partial charge in [0.15, 0.2) is 5.82 Å². The molecule has 0 fully saturated rings. The summed E-state index contributed by atoms with van der Waals surface area (Å²) in [5.41, 5.74) is 1.46. The molecule has 0 saturated heterocycles. The minimum atomic E-state index is -4.39. The minimum Gasteiger partial charge on any atom is -0.634 e. The standard InChI is InChI=1S/C29H38F3N3O2/c1-3-4-5-6-7-8-9-10-11-12-27-33-28(37-34-27)25-15-13-23(14-16-25)21-35(36)22(2)24-17-19-26(20-18-24)29(30,31)32/h13-20,22,35H,3-12,21H2,1-2H3/t22-/m1/s1. The SMILES string of the molecule is CCCCCCCCCCCc1noc(-c2ccc(C[NH+]([O-])[C@H](C)c3ccc(C(F)(F)F)cc3)cc2)n1. The highest BCUT2D eigenvalue weighted by molar-refractivity contribution is 5.53. The van der Waals surface area contributed by atoms with Gasteiger partial charge in [-0.2, -0.15) is 18.2 Å². The van der Waals surface area contributed by atoms with Crippen LogP contribution in [0.15, 0.2) is 53.1 Å². The lowest BCUT2D eigenvalue weighted by atomic mass is 10.0. The Balaban J connectivity index is 1.43. The Morgan fingerprint density at radius 1 is 0.865 bits per heavy atom. The second-order valence-corrected chi connectivity index (χ2v) is 9.78. The number of alkyl halides is 3. The molecule has 0 aliphatic heterocycles. The fourth-order valence-electron chi connectivity index (χ4n) is 4.33. The van der Waals surface area contributed by atoms with Crippen molar-refractivity contribution in [2.45, 2.75) is 96.8 Å². The van der Waals surface area contributed by atoms with Crippen molar-refractivity contribution in [1.29, 1.82) is 0 Å². The summed E-state index contributed by atoms with van der Waals surface area (Å²) in [6, 6.07) is 11.7. The van der Waals surface area contributed by atoms with E-state index in [4.69, 9.17) is 4.52 Å². The van der Waals surface area contributed by atoms with Gasteiger partial charge in [0.1, 0.15) is 12.6 Å². The van der Waals surface area contributed by atoms with Crippen molar-refractivity contribution in [2.24, 2.45) is 0 Å². The van der Waals surface area contributed by atoms with Crippen LogP contribution in [0, 0.1) is 5.21 Å². The lowest BCUT2D eigenvalue weighted by Crippen LogP contribution is -3.05. The van der Waals surface area contributed by atoms with Crippen LogP contribution < -0.4 is 5.06 Å². The first-order valence-corrected chi connectivity index (χ1v) is 13.4. The number of halogens is 3. The normalized spacial score (nSPS) is 13.6. The van der Waals surface area contributed by atoms with E-state index in [1.165, 1.54) is 63.5 Å². The quantitative estimate of drug-likeness (QED) is 0.168. The van der Waals surface area contributed by atoms with Gasteiger partial charge in [-0.15, -0.1) is 0 Å². The number of rotatable bonds is 15. The molecule has 0 aliphatic carbocycles. The van der Waals surface area contributed by atoms with E-state index < -0.39 is 17.8 Å². The van der Waals surface area contributed by atoms with Crippen LogP contribution in [0.5, 0.6) is 0 Å². The van der Waals surface area contributed by atoms with Crippen LogP contribution in [0.2, 0.25) is 0 Å². The second kappa shape index (κ2) is 14.3. The molecule has 2 atom stereocenters. The number of nitrogens with zero attached hydrogens (tertiary/aromatic N) is 2. The highest BCUT2D eigenvalue weighted by Gasteiger charge is 2.30. The van der Waals surface area contributed by atoms with E-state index in [2.05, 4.69) is 17.1 Å². The number of unbranched alkanes of at least 4 members (excludes halogenated alkanes) is 8. The summed E-state index contributed by atoms with van der Waals surface area (Å²) in [5, 5.41) is 16.8. The molecule has 37 heavy (non-hydrogen) atoms. The Hall–Kier alpha value is -2.71. The van der Waals surface area contributed by atoms with Gasteiger partial charge in [0, 0.05) is 23.1 Å². The van der Waals surface area contributed by atoms with Gasteiger partial charge in [-0.25, -0.2) is 0 Å². The summed E-state index contributed by atoms with van der Waals surface area (Å²) in [6.07, 6.45) is 7.80. The van der Waals surface area contributed by atoms with Gasteiger partial charge in [0.05, 0.1) is 5.56 Å². The molecule has 1 heterocycles. The number of hydrogen-bond donors (Lipinski definition) is 1. The summed E-state index contributed by atoms with van der Waals surface area (Å²) in [5.74, 6) is 1.17. The Kier molecular flexibility index (Phi) is 11.1. The molecule has 1 N–H and O–H groups in total. The van der Waals surface area contributed by atoms with Crippen molar-refractivity contribution in [2.75, 3.05) is 0 Å². The van der Waals surface area contributed by atoms with Crippen LogP contribution in [0.3, 0.4) is 0 Å². The van der Waals surface area contributed by atoms with Crippen molar-refractivity contribution in [1.82, 2.24) is 10.1 Å². The van der Waals surface area contributed by atoms with Gasteiger partial charge in [-0.1, -0.05) is 87.7 Å². The monoisotopic (exact) mass is 517 g/mol. The Morgan fingerprint density at radius 2 is 1.46 bits per heavy atom. The molecular formula is C29H38F3N3O2. The Labute approximate surface area is 217 Å². The zero-order valence-electron chi connectivity index (χ0n) is 21.8. The maximum absolute atomic E-state index is 12.8. The summed E-state index contributed by atoms with van der Waals surface area (Å²) < 4.78 is 43.8. The average Bonchev–Trinajstić information content (AvgIpc) is 3.36. The van der Waals surface area contributed by atoms with E-state index in [9.17, 15) is 18.4 Å². The van der Waals surface area contributed by atoms with Crippen LogP contribution in [-0.4, -0.2) is 10.1 Å². The van der Waals surface area contributed by atoms with Crippen molar-refractivity contribution in [3.05, 3.63) is 76.3 Å². The summed E-state index contributed by atoms with van der Waals surface area (Å²) >= 11 is 0. The average molecular weight is 518 g/mol. The van der Waals surface area contributed by atoms with E-state index in [0.29, 0.717) is 17.3 Å². The summed E-state index contributed by atoms with van der Waals surface area (Å²) in [7, 11) is 0. The van der Waals surface area contributed by atoms with Gasteiger partial charge in [0.2, 0.25) is 0 Å². The van der Waals surface area contributed by atoms with Crippen LogP contribution in [0.1, 0.15) is 100 Å². The maximum atomic E-state index is 12.8. The smallest absolute Gasteiger partial charge is 0.416 e. The van der Waals surface area contributed by atoms with Crippen LogP contribution in [-0.2, 0) is 19.1 Å². The topological polar surface area (TPSA) is 66.4 Å². The Bertz CT molecular complexity index is 1050. The van der Waals surface area contributed by atoms with Gasteiger partial charge in [-0.3, -0.25) is 0 Å². The Morgan fingerprint density at radius 3 is 2.05 bits per heavy atom. The fourth-order valence-corrected chi connectivity index (χ4v) is 4.33. The maximum Gasteiger partial charge on any atom is 0.416 e. The molecule has 0 bridgehead atoms. The fraction of sp³-hybridized carbons (Fsp3) is 0.517. The highest BCUT2D eigenvalue weighted by Crippen LogP contribution is 2.29. The molecule has 0 radical (unpaired) electrons. The molecule has 0 saturated carbocycles. The molecule has 2 aromatic carbocycles. The third-order valence-electron chi connectivity index (χ3n) is 6.77. The third kappa shape index (κ3) is 9.27.